The lowest BCUT2D eigenvalue weighted by atomic mass is 9.81. The van der Waals surface area contributed by atoms with Gasteiger partial charge in [0.15, 0.2) is 0 Å². The zero-order chi connectivity index (χ0) is 16.8. The summed E-state index contributed by atoms with van der Waals surface area (Å²) in [6, 6.07) is 12.9. The number of hydrogen-bond donors (Lipinski definition) is 2. The third-order valence-corrected chi connectivity index (χ3v) is 4.43. The molecule has 142 valence electrons. The number of pyridine rings is 1. The van der Waals surface area contributed by atoms with Gasteiger partial charge < -0.3 is 15.4 Å². The third-order valence-electron chi connectivity index (χ3n) is 4.43. The van der Waals surface area contributed by atoms with Crippen LogP contribution in [0.3, 0.4) is 0 Å². The highest BCUT2D eigenvalue weighted by Gasteiger charge is 2.27. The summed E-state index contributed by atoms with van der Waals surface area (Å²) in [5.74, 6) is 1.18. The Labute approximate surface area is 166 Å². The molecule has 1 aliphatic rings. The number of benzene rings is 1. The monoisotopic (exact) mass is 397 g/mol. The lowest BCUT2D eigenvalue weighted by Crippen LogP contribution is -2.43. The molecule has 1 aliphatic heterocycles. The number of aromatic nitrogens is 1. The highest BCUT2D eigenvalue weighted by molar-refractivity contribution is 5.92. The number of amides is 1. The number of nitrogens with zero attached hydrogens (tertiary/aromatic N) is 1. The summed E-state index contributed by atoms with van der Waals surface area (Å²) in [6.45, 7) is 4.89. The van der Waals surface area contributed by atoms with E-state index in [1.165, 1.54) is 0 Å². The molecule has 5 nitrogen and oxygen atoms in total. The van der Waals surface area contributed by atoms with Crippen LogP contribution in [0.1, 0.15) is 30.3 Å². The quantitative estimate of drug-likeness (QED) is 0.804. The Hall–Kier alpha value is -1.82. The standard InChI is InChI=1S/C19H23N3O2.2ClH/c1-19(8-11-20-12-9-19)14-22-18(23)17-13-16(7-10-21-17)24-15-5-3-2-4-6-15;;/h2-7,10,13,20H,8-9,11-12,14H2,1H3,(H,22,23);2*1H. The average molecular weight is 398 g/mol. The van der Waals surface area contributed by atoms with E-state index < -0.39 is 0 Å². The van der Waals surface area contributed by atoms with Gasteiger partial charge in [0.1, 0.15) is 17.2 Å². The van der Waals surface area contributed by atoms with Gasteiger partial charge in [-0.1, -0.05) is 25.1 Å². The van der Waals surface area contributed by atoms with Gasteiger partial charge in [0.05, 0.1) is 0 Å². The Kier molecular flexibility index (Phi) is 8.85. The van der Waals surface area contributed by atoms with Crippen molar-refractivity contribution in [3.05, 3.63) is 54.4 Å². The van der Waals surface area contributed by atoms with Crippen LogP contribution in [0.5, 0.6) is 11.5 Å². The normalized spacial score (nSPS) is 15.1. The zero-order valence-corrected chi connectivity index (χ0v) is 16.4. The Balaban J connectivity index is 0.00000169. The van der Waals surface area contributed by atoms with Crippen molar-refractivity contribution in [2.75, 3.05) is 19.6 Å². The smallest absolute Gasteiger partial charge is 0.270 e. The first-order valence-corrected chi connectivity index (χ1v) is 8.33. The van der Waals surface area contributed by atoms with Gasteiger partial charge in [-0.25, -0.2) is 0 Å². The van der Waals surface area contributed by atoms with Crippen LogP contribution in [0.4, 0.5) is 0 Å². The maximum atomic E-state index is 12.4. The van der Waals surface area contributed by atoms with E-state index in [4.69, 9.17) is 4.74 Å². The number of para-hydroxylation sites is 1. The lowest BCUT2D eigenvalue weighted by molar-refractivity contribution is 0.0917. The fourth-order valence-corrected chi connectivity index (χ4v) is 2.81. The molecule has 7 heteroatoms. The Morgan fingerprint density at radius 2 is 1.85 bits per heavy atom. The number of rotatable bonds is 5. The maximum Gasteiger partial charge on any atom is 0.270 e. The Morgan fingerprint density at radius 1 is 1.15 bits per heavy atom. The van der Waals surface area contributed by atoms with Crippen LogP contribution in [0.25, 0.3) is 0 Å². The minimum atomic E-state index is -0.159. The average Bonchev–Trinajstić information content (AvgIpc) is 2.61. The Morgan fingerprint density at radius 3 is 2.54 bits per heavy atom. The van der Waals surface area contributed by atoms with Crippen LogP contribution in [-0.2, 0) is 0 Å². The van der Waals surface area contributed by atoms with Crippen molar-refractivity contribution in [2.24, 2.45) is 5.41 Å². The maximum absolute atomic E-state index is 12.4. The van der Waals surface area contributed by atoms with Crippen LogP contribution >= 0.6 is 24.8 Å². The van der Waals surface area contributed by atoms with E-state index in [0.717, 1.165) is 31.7 Å². The first-order valence-electron chi connectivity index (χ1n) is 8.33. The SMILES string of the molecule is CC1(CNC(=O)c2cc(Oc3ccccc3)ccn2)CCNCC1.Cl.Cl. The lowest BCUT2D eigenvalue weighted by Gasteiger charge is -2.34. The number of nitrogens with one attached hydrogen (secondary N) is 2. The van der Waals surface area contributed by atoms with E-state index in [1.807, 2.05) is 30.3 Å². The second kappa shape index (κ2) is 10.4. The van der Waals surface area contributed by atoms with E-state index in [-0.39, 0.29) is 36.1 Å². The van der Waals surface area contributed by atoms with Crippen LogP contribution in [0.2, 0.25) is 0 Å². The number of carbonyl (C=O) groups is 1. The van der Waals surface area contributed by atoms with Crippen LogP contribution in [0.15, 0.2) is 48.7 Å². The molecular weight excluding hydrogens is 373 g/mol. The summed E-state index contributed by atoms with van der Waals surface area (Å²) in [6.07, 6.45) is 3.73. The molecule has 2 aromatic rings. The van der Waals surface area contributed by atoms with Gasteiger partial charge in [-0.15, -0.1) is 24.8 Å². The summed E-state index contributed by atoms with van der Waals surface area (Å²) in [7, 11) is 0. The van der Waals surface area contributed by atoms with E-state index >= 15 is 0 Å². The highest BCUT2D eigenvalue weighted by atomic mass is 35.5. The van der Waals surface area contributed by atoms with Gasteiger partial charge in [0.2, 0.25) is 0 Å². The van der Waals surface area contributed by atoms with Gasteiger partial charge in [0, 0.05) is 18.8 Å². The first-order chi connectivity index (χ1) is 11.6. The van der Waals surface area contributed by atoms with Crippen LogP contribution < -0.4 is 15.4 Å². The van der Waals surface area contributed by atoms with Crippen LogP contribution in [-0.4, -0.2) is 30.5 Å². The van der Waals surface area contributed by atoms with Gasteiger partial charge >= 0.3 is 0 Å². The minimum absolute atomic E-state index is 0. The number of carbonyl (C=O) groups excluding carboxylic acids is 1. The number of halogens is 2. The van der Waals surface area contributed by atoms with Crippen molar-refractivity contribution in [1.82, 2.24) is 15.6 Å². The molecule has 1 aromatic carbocycles. The molecule has 2 N–H and O–H groups in total. The molecule has 1 amide bonds. The third kappa shape index (κ3) is 6.16. The molecule has 0 saturated carbocycles. The Bertz CT molecular complexity index is 692. The molecular formula is C19H25Cl2N3O2. The second-order valence-electron chi connectivity index (χ2n) is 6.54. The van der Waals surface area contributed by atoms with Crippen LogP contribution in [0, 0.1) is 5.41 Å². The van der Waals surface area contributed by atoms with Crippen molar-refractivity contribution in [3.63, 3.8) is 0 Å². The molecule has 0 aliphatic carbocycles. The summed E-state index contributed by atoms with van der Waals surface area (Å²) in [4.78, 5) is 16.6. The fourth-order valence-electron chi connectivity index (χ4n) is 2.81. The first kappa shape index (κ1) is 22.2. The molecule has 2 heterocycles. The molecule has 0 radical (unpaired) electrons. The van der Waals surface area contributed by atoms with Crippen molar-refractivity contribution < 1.29 is 9.53 Å². The number of piperidine rings is 1. The van der Waals surface area contributed by atoms with Crippen molar-refractivity contribution >= 4 is 30.7 Å². The minimum Gasteiger partial charge on any atom is -0.457 e. The second-order valence-corrected chi connectivity index (χ2v) is 6.54. The molecule has 0 spiro atoms. The zero-order valence-electron chi connectivity index (χ0n) is 14.7. The predicted molar refractivity (Wildman–Crippen MR) is 108 cm³/mol. The van der Waals surface area contributed by atoms with Gasteiger partial charge in [0.25, 0.3) is 5.91 Å². The summed E-state index contributed by atoms with van der Waals surface area (Å²) in [5, 5.41) is 6.36. The summed E-state index contributed by atoms with van der Waals surface area (Å²) in [5.41, 5.74) is 0.528. The number of ether oxygens (including phenoxy) is 1. The van der Waals surface area contributed by atoms with Crippen molar-refractivity contribution in [2.45, 2.75) is 19.8 Å². The molecule has 3 rings (SSSR count). The summed E-state index contributed by atoms with van der Waals surface area (Å²) >= 11 is 0. The molecule has 26 heavy (non-hydrogen) atoms. The van der Waals surface area contributed by atoms with E-state index in [1.54, 1.807) is 18.3 Å². The van der Waals surface area contributed by atoms with Gasteiger partial charge in [-0.3, -0.25) is 9.78 Å². The molecule has 1 saturated heterocycles. The topological polar surface area (TPSA) is 63.2 Å². The largest absolute Gasteiger partial charge is 0.457 e. The van der Waals surface area contributed by atoms with E-state index in [2.05, 4.69) is 22.5 Å². The van der Waals surface area contributed by atoms with Crippen molar-refractivity contribution in [3.8, 4) is 11.5 Å². The summed E-state index contributed by atoms with van der Waals surface area (Å²) < 4.78 is 5.76. The molecule has 1 aromatic heterocycles. The molecule has 0 unspecified atom stereocenters. The molecule has 0 bridgehead atoms. The predicted octanol–water partition coefficient (Wildman–Crippen LogP) is 3.84. The molecule has 1 fully saturated rings. The highest BCUT2D eigenvalue weighted by Crippen LogP contribution is 2.27. The van der Waals surface area contributed by atoms with Crippen molar-refractivity contribution in [1.29, 1.82) is 0 Å². The number of hydrogen-bond acceptors (Lipinski definition) is 4. The van der Waals surface area contributed by atoms with E-state index in [0.29, 0.717) is 18.0 Å². The molecule has 0 atom stereocenters. The van der Waals surface area contributed by atoms with Gasteiger partial charge in [-0.2, -0.15) is 0 Å². The fraction of sp³-hybridized carbons (Fsp3) is 0.368. The van der Waals surface area contributed by atoms with E-state index in [9.17, 15) is 4.79 Å². The van der Waals surface area contributed by atoms with Gasteiger partial charge in [-0.05, 0) is 49.5 Å².